The van der Waals surface area contributed by atoms with Crippen molar-refractivity contribution in [2.75, 3.05) is 0 Å². The number of rotatable bonds is 2. The van der Waals surface area contributed by atoms with Crippen LogP contribution in [0.25, 0.3) is 6.08 Å². The molecular weight excluding hydrogens is 164 g/mol. The highest BCUT2D eigenvalue weighted by molar-refractivity contribution is 5.45. The van der Waals surface area contributed by atoms with Gasteiger partial charge in [0.2, 0.25) is 0 Å². The topological polar surface area (TPSA) is 38.9 Å². The third-order valence-electron chi connectivity index (χ3n) is 2.72. The van der Waals surface area contributed by atoms with Gasteiger partial charge in [-0.15, -0.1) is 0 Å². The molecule has 68 valence electrons. The summed E-state index contributed by atoms with van der Waals surface area (Å²) in [5.41, 5.74) is 1.45. The summed E-state index contributed by atoms with van der Waals surface area (Å²) in [6, 6.07) is 0. The lowest BCUT2D eigenvalue weighted by Crippen LogP contribution is -1.95. The van der Waals surface area contributed by atoms with Crippen LogP contribution in [0.15, 0.2) is 10.1 Å². The summed E-state index contributed by atoms with van der Waals surface area (Å²) in [6.07, 6.45) is 8.24. The van der Waals surface area contributed by atoms with E-state index in [9.17, 15) is 0 Å². The summed E-state index contributed by atoms with van der Waals surface area (Å²) < 4.78 is 5.13. The van der Waals surface area contributed by atoms with Gasteiger partial charge in [-0.3, -0.25) is 0 Å². The van der Waals surface area contributed by atoms with Crippen LogP contribution in [-0.2, 0) is 0 Å². The van der Waals surface area contributed by atoms with E-state index in [1.54, 1.807) is 0 Å². The van der Waals surface area contributed by atoms with Crippen LogP contribution < -0.4 is 0 Å². The molecule has 0 aliphatic heterocycles. The third kappa shape index (κ3) is 1.39. The largest absolute Gasteiger partial charge is 0.335 e. The van der Waals surface area contributed by atoms with Gasteiger partial charge in [-0.2, -0.15) is 4.98 Å². The molecule has 0 aromatic carbocycles. The van der Waals surface area contributed by atoms with Crippen molar-refractivity contribution in [1.82, 2.24) is 10.1 Å². The van der Waals surface area contributed by atoms with Crippen LogP contribution >= 0.6 is 0 Å². The van der Waals surface area contributed by atoms with Crippen LogP contribution in [0.3, 0.4) is 0 Å². The Bertz CT molecular complexity index is 344. The highest BCUT2D eigenvalue weighted by Gasteiger charge is 2.28. The molecule has 0 saturated heterocycles. The van der Waals surface area contributed by atoms with E-state index in [1.165, 1.54) is 37.7 Å². The van der Waals surface area contributed by atoms with Gasteiger partial charge >= 0.3 is 0 Å². The normalized spacial score (nSPS) is 21.4. The summed E-state index contributed by atoms with van der Waals surface area (Å²) in [5.74, 6) is 2.21. The highest BCUT2D eigenvalue weighted by atomic mass is 16.5. The van der Waals surface area contributed by atoms with Crippen molar-refractivity contribution < 1.29 is 4.52 Å². The first kappa shape index (κ1) is 7.30. The molecule has 0 bridgehead atoms. The number of nitrogens with zero attached hydrogens (tertiary/aromatic N) is 2. The molecule has 1 heterocycles. The first-order chi connectivity index (χ1) is 6.42. The fraction of sp³-hybridized carbons (Fsp3) is 0.600. The van der Waals surface area contributed by atoms with E-state index in [2.05, 4.69) is 10.1 Å². The lowest BCUT2D eigenvalue weighted by Gasteiger charge is -2.14. The predicted octanol–water partition coefficient (Wildman–Crippen LogP) is 2.51. The molecule has 2 aliphatic rings. The van der Waals surface area contributed by atoms with Gasteiger partial charge in [-0.1, -0.05) is 10.7 Å². The SMILES string of the molecule is C(=C1CCC1)c1nc(C2CC2)no1. The average Bonchev–Trinajstić information content (AvgIpc) is 2.80. The number of hydrogen-bond donors (Lipinski definition) is 0. The highest BCUT2D eigenvalue weighted by Crippen LogP contribution is 2.38. The molecular formula is C10H12N2O. The fourth-order valence-corrected chi connectivity index (χ4v) is 1.51. The van der Waals surface area contributed by atoms with Gasteiger partial charge in [0.05, 0.1) is 0 Å². The average molecular weight is 176 g/mol. The molecule has 0 N–H and O–H groups in total. The van der Waals surface area contributed by atoms with Crippen LogP contribution in [0.4, 0.5) is 0 Å². The Morgan fingerprint density at radius 2 is 2.15 bits per heavy atom. The zero-order chi connectivity index (χ0) is 8.67. The molecule has 0 spiro atoms. The van der Waals surface area contributed by atoms with Gasteiger partial charge in [0.15, 0.2) is 5.82 Å². The molecule has 13 heavy (non-hydrogen) atoms. The van der Waals surface area contributed by atoms with E-state index >= 15 is 0 Å². The van der Waals surface area contributed by atoms with Gasteiger partial charge in [-0.25, -0.2) is 0 Å². The minimum Gasteiger partial charge on any atom is -0.335 e. The minimum absolute atomic E-state index is 0.595. The second-order valence-corrected chi connectivity index (χ2v) is 3.92. The van der Waals surface area contributed by atoms with Crippen LogP contribution in [0.2, 0.25) is 0 Å². The van der Waals surface area contributed by atoms with Crippen LogP contribution in [-0.4, -0.2) is 10.1 Å². The molecule has 1 aromatic heterocycles. The third-order valence-corrected chi connectivity index (χ3v) is 2.72. The zero-order valence-corrected chi connectivity index (χ0v) is 7.49. The lowest BCUT2D eigenvalue weighted by molar-refractivity contribution is 0.402. The van der Waals surface area contributed by atoms with Gasteiger partial charge in [0, 0.05) is 12.0 Å². The van der Waals surface area contributed by atoms with E-state index < -0.39 is 0 Å². The molecule has 3 nitrogen and oxygen atoms in total. The van der Waals surface area contributed by atoms with Gasteiger partial charge in [0.1, 0.15) is 0 Å². The summed E-state index contributed by atoms with van der Waals surface area (Å²) in [5, 5.41) is 3.96. The first-order valence-corrected chi connectivity index (χ1v) is 4.95. The van der Waals surface area contributed by atoms with Gasteiger partial charge < -0.3 is 4.52 Å². The van der Waals surface area contributed by atoms with E-state index in [4.69, 9.17) is 4.52 Å². The standard InChI is InChI=1S/C10H12N2O/c1-2-7(3-1)6-9-11-10(12-13-9)8-4-5-8/h6,8H,1-5H2. The van der Waals surface area contributed by atoms with Crippen molar-refractivity contribution in [1.29, 1.82) is 0 Å². The zero-order valence-electron chi connectivity index (χ0n) is 7.49. The fourth-order valence-electron chi connectivity index (χ4n) is 1.51. The maximum atomic E-state index is 5.13. The van der Waals surface area contributed by atoms with Crippen LogP contribution in [0, 0.1) is 0 Å². The van der Waals surface area contributed by atoms with Gasteiger partial charge in [-0.05, 0) is 32.1 Å². The lowest BCUT2D eigenvalue weighted by atomic mass is 9.92. The molecule has 3 heteroatoms. The molecule has 1 aromatic rings. The van der Waals surface area contributed by atoms with Crippen LogP contribution in [0.5, 0.6) is 0 Å². The van der Waals surface area contributed by atoms with Gasteiger partial charge in [0.25, 0.3) is 5.89 Å². The van der Waals surface area contributed by atoms with Crippen LogP contribution in [0.1, 0.15) is 49.7 Å². The molecule has 0 unspecified atom stereocenters. The Kier molecular flexibility index (Phi) is 1.51. The van der Waals surface area contributed by atoms with E-state index in [0.29, 0.717) is 11.8 Å². The summed E-state index contributed by atoms with van der Waals surface area (Å²) in [6.45, 7) is 0. The summed E-state index contributed by atoms with van der Waals surface area (Å²) in [4.78, 5) is 4.34. The molecule has 2 fully saturated rings. The maximum absolute atomic E-state index is 5.13. The Hall–Kier alpha value is -1.12. The Morgan fingerprint density at radius 3 is 2.77 bits per heavy atom. The molecule has 3 rings (SSSR count). The van der Waals surface area contributed by atoms with E-state index in [1.807, 2.05) is 6.08 Å². The summed E-state index contributed by atoms with van der Waals surface area (Å²) in [7, 11) is 0. The number of aromatic nitrogens is 2. The Balaban J connectivity index is 1.80. The van der Waals surface area contributed by atoms with Crippen molar-refractivity contribution in [3.8, 4) is 0 Å². The van der Waals surface area contributed by atoms with Crippen molar-refractivity contribution >= 4 is 6.08 Å². The van der Waals surface area contributed by atoms with E-state index in [-0.39, 0.29) is 0 Å². The number of hydrogen-bond acceptors (Lipinski definition) is 3. The molecule has 0 amide bonds. The molecule has 2 saturated carbocycles. The smallest absolute Gasteiger partial charge is 0.250 e. The maximum Gasteiger partial charge on any atom is 0.250 e. The Labute approximate surface area is 76.8 Å². The van der Waals surface area contributed by atoms with Crippen molar-refractivity contribution in [2.45, 2.75) is 38.0 Å². The first-order valence-electron chi connectivity index (χ1n) is 4.95. The van der Waals surface area contributed by atoms with E-state index in [0.717, 1.165) is 5.82 Å². The number of allylic oxidation sites excluding steroid dienone is 1. The molecule has 0 atom stereocenters. The van der Waals surface area contributed by atoms with Crippen molar-refractivity contribution in [2.24, 2.45) is 0 Å². The Morgan fingerprint density at radius 1 is 1.31 bits per heavy atom. The second-order valence-electron chi connectivity index (χ2n) is 3.92. The molecule has 0 radical (unpaired) electrons. The quantitative estimate of drug-likeness (QED) is 0.695. The summed E-state index contributed by atoms with van der Waals surface area (Å²) >= 11 is 0. The predicted molar refractivity (Wildman–Crippen MR) is 48.1 cm³/mol. The van der Waals surface area contributed by atoms with Crippen molar-refractivity contribution in [3.63, 3.8) is 0 Å². The molecule has 2 aliphatic carbocycles. The minimum atomic E-state index is 0.595. The monoisotopic (exact) mass is 176 g/mol. The second kappa shape index (κ2) is 2.69. The van der Waals surface area contributed by atoms with Crippen molar-refractivity contribution in [3.05, 3.63) is 17.3 Å².